The van der Waals surface area contributed by atoms with Gasteiger partial charge in [-0.1, -0.05) is 18.0 Å². The zero-order chi connectivity index (χ0) is 20.9. The molecule has 0 spiro atoms. The smallest absolute Gasteiger partial charge is 0.225 e. The quantitative estimate of drug-likeness (QED) is 0.340. The van der Waals surface area contributed by atoms with Crippen LogP contribution < -0.4 is 10.6 Å². The fourth-order valence-electron chi connectivity index (χ4n) is 4.36. The Bertz CT molecular complexity index is 741. The Kier molecular flexibility index (Phi) is 9.09. The number of guanidine groups is 1. The number of benzene rings is 1. The Morgan fingerprint density at radius 1 is 0.968 bits per heavy atom. The van der Waals surface area contributed by atoms with Gasteiger partial charge in [0.25, 0.3) is 0 Å². The third-order valence-electron chi connectivity index (χ3n) is 6.62. The van der Waals surface area contributed by atoms with Crippen LogP contribution in [0.15, 0.2) is 29.3 Å². The number of nitrogens with two attached hydrogens (primary N) is 1. The molecule has 1 aromatic carbocycles. The van der Waals surface area contributed by atoms with Crippen LogP contribution in [0.3, 0.4) is 0 Å². The van der Waals surface area contributed by atoms with Crippen LogP contribution in [0, 0.1) is 5.92 Å². The highest BCUT2D eigenvalue weighted by molar-refractivity contribution is 14.0. The number of aliphatic imine (C=N–C) groups is 1. The van der Waals surface area contributed by atoms with E-state index in [1.54, 1.807) is 0 Å². The van der Waals surface area contributed by atoms with Crippen LogP contribution in [-0.4, -0.2) is 92.0 Å². The van der Waals surface area contributed by atoms with Gasteiger partial charge < -0.3 is 20.4 Å². The summed E-state index contributed by atoms with van der Waals surface area (Å²) < 4.78 is 0. The summed E-state index contributed by atoms with van der Waals surface area (Å²) in [6, 6.07) is 7.99. The van der Waals surface area contributed by atoms with E-state index in [1.165, 1.54) is 12.1 Å². The normalized spacial score (nSPS) is 20.9. The van der Waals surface area contributed by atoms with Crippen LogP contribution in [0.5, 0.6) is 0 Å². The largest absolute Gasteiger partial charge is 0.370 e. The molecule has 0 atom stereocenters. The average molecular weight is 561 g/mol. The zero-order valence-corrected chi connectivity index (χ0v) is 21.2. The topological polar surface area (TPSA) is 68.4 Å². The number of halogens is 2. The third-order valence-corrected chi connectivity index (χ3v) is 6.88. The summed E-state index contributed by atoms with van der Waals surface area (Å²) in [4.78, 5) is 25.9. The first kappa shape index (κ1) is 24.4. The molecule has 7 nitrogen and oxygen atoms in total. The second kappa shape index (κ2) is 11.6. The van der Waals surface area contributed by atoms with E-state index in [1.807, 2.05) is 12.1 Å². The van der Waals surface area contributed by atoms with E-state index in [9.17, 15) is 4.79 Å². The highest BCUT2D eigenvalue weighted by Gasteiger charge is 2.31. The maximum atomic E-state index is 12.3. The minimum absolute atomic E-state index is 0. The summed E-state index contributed by atoms with van der Waals surface area (Å²) in [6.07, 6.45) is 3.38. The first-order chi connectivity index (χ1) is 14.6. The van der Waals surface area contributed by atoms with E-state index < -0.39 is 0 Å². The van der Waals surface area contributed by atoms with Gasteiger partial charge in [-0.3, -0.25) is 14.7 Å². The molecule has 2 saturated heterocycles. The molecule has 2 heterocycles. The van der Waals surface area contributed by atoms with Crippen LogP contribution in [0.2, 0.25) is 5.02 Å². The van der Waals surface area contributed by atoms with Crippen molar-refractivity contribution >= 4 is 53.1 Å². The van der Waals surface area contributed by atoms with E-state index in [0.717, 1.165) is 76.8 Å². The summed E-state index contributed by atoms with van der Waals surface area (Å²) in [5, 5.41) is 0.764. The number of piperazine rings is 2. The van der Waals surface area contributed by atoms with Crippen molar-refractivity contribution in [3.63, 3.8) is 0 Å². The number of anilines is 1. The molecule has 0 radical (unpaired) electrons. The molecule has 4 rings (SSSR count). The number of hydrogen-bond donors (Lipinski definition) is 1. The van der Waals surface area contributed by atoms with E-state index in [2.05, 4.69) is 36.7 Å². The second-order valence-corrected chi connectivity index (χ2v) is 8.92. The average Bonchev–Trinajstić information content (AvgIpc) is 2.73. The van der Waals surface area contributed by atoms with Crippen LogP contribution in [0.25, 0.3) is 0 Å². The van der Waals surface area contributed by atoms with Crippen molar-refractivity contribution in [1.29, 1.82) is 0 Å². The molecule has 2 aliphatic heterocycles. The lowest BCUT2D eigenvalue weighted by atomic mass is 9.84. The highest BCUT2D eigenvalue weighted by Crippen LogP contribution is 2.28. The number of amides is 1. The molecule has 0 aromatic heterocycles. The van der Waals surface area contributed by atoms with Crippen molar-refractivity contribution < 1.29 is 4.79 Å². The first-order valence-electron chi connectivity index (χ1n) is 11.2. The molecule has 0 unspecified atom stereocenters. The predicted molar refractivity (Wildman–Crippen MR) is 138 cm³/mol. The highest BCUT2D eigenvalue weighted by atomic mass is 127. The van der Waals surface area contributed by atoms with Crippen molar-refractivity contribution in [2.24, 2.45) is 16.6 Å². The summed E-state index contributed by atoms with van der Waals surface area (Å²) in [6.45, 7) is 8.78. The van der Waals surface area contributed by atoms with Gasteiger partial charge in [-0.25, -0.2) is 0 Å². The number of carbonyl (C=O) groups is 1. The van der Waals surface area contributed by atoms with E-state index in [4.69, 9.17) is 17.3 Å². The number of nitrogens with zero attached hydrogens (tertiary/aromatic N) is 5. The lowest BCUT2D eigenvalue weighted by Crippen LogP contribution is -2.52. The Hall–Kier alpha value is -1.26. The molecular weight excluding hydrogens is 527 g/mol. The zero-order valence-electron chi connectivity index (χ0n) is 18.1. The molecule has 3 aliphatic rings. The molecule has 1 saturated carbocycles. The number of carbonyl (C=O) groups excluding carboxylic acids is 1. The van der Waals surface area contributed by atoms with E-state index in [-0.39, 0.29) is 24.0 Å². The Labute approximate surface area is 207 Å². The lowest BCUT2D eigenvalue weighted by Gasteiger charge is -2.38. The van der Waals surface area contributed by atoms with Crippen molar-refractivity contribution in [2.45, 2.75) is 19.3 Å². The van der Waals surface area contributed by atoms with Crippen LogP contribution in [0.1, 0.15) is 19.3 Å². The van der Waals surface area contributed by atoms with Gasteiger partial charge in [0.2, 0.25) is 5.91 Å². The molecular formula is C22H34ClIN6O. The van der Waals surface area contributed by atoms with E-state index >= 15 is 0 Å². The SMILES string of the molecule is I.NC(=NCCN1CCN(C(=O)C2CCC2)CC1)N1CCN(c2ccc(Cl)cc2)CC1. The number of hydrogen-bond acceptors (Lipinski definition) is 4. The number of rotatable bonds is 5. The van der Waals surface area contributed by atoms with Gasteiger partial charge >= 0.3 is 0 Å². The standard InChI is InChI=1S/C22H33ClN6O.HI/c23-19-4-6-20(7-5-19)27-14-16-29(17-15-27)22(24)25-8-9-26-10-12-28(13-11-26)21(30)18-2-1-3-18;/h4-7,18H,1-3,8-17H2,(H2,24,25);1H. The summed E-state index contributed by atoms with van der Waals surface area (Å²) in [5.74, 6) is 1.33. The van der Waals surface area contributed by atoms with Gasteiger partial charge in [0.05, 0.1) is 6.54 Å². The van der Waals surface area contributed by atoms with Crippen LogP contribution in [-0.2, 0) is 4.79 Å². The van der Waals surface area contributed by atoms with Crippen molar-refractivity contribution in [3.05, 3.63) is 29.3 Å². The Balaban J connectivity index is 0.00000272. The van der Waals surface area contributed by atoms with Crippen LogP contribution >= 0.6 is 35.6 Å². The molecule has 1 amide bonds. The molecule has 1 aliphatic carbocycles. The molecule has 31 heavy (non-hydrogen) atoms. The van der Waals surface area contributed by atoms with Crippen molar-refractivity contribution in [2.75, 3.05) is 70.3 Å². The fraction of sp³-hybridized carbons (Fsp3) is 0.636. The van der Waals surface area contributed by atoms with Gasteiger partial charge in [-0.2, -0.15) is 0 Å². The second-order valence-electron chi connectivity index (χ2n) is 8.49. The van der Waals surface area contributed by atoms with Gasteiger partial charge in [0.15, 0.2) is 5.96 Å². The monoisotopic (exact) mass is 560 g/mol. The van der Waals surface area contributed by atoms with Crippen LogP contribution in [0.4, 0.5) is 5.69 Å². The molecule has 9 heteroatoms. The van der Waals surface area contributed by atoms with Gasteiger partial charge in [0, 0.05) is 75.5 Å². The molecule has 1 aromatic rings. The Morgan fingerprint density at radius 2 is 1.58 bits per heavy atom. The lowest BCUT2D eigenvalue weighted by molar-refractivity contribution is -0.139. The summed E-state index contributed by atoms with van der Waals surface area (Å²) in [7, 11) is 0. The maximum Gasteiger partial charge on any atom is 0.225 e. The minimum atomic E-state index is 0. The van der Waals surface area contributed by atoms with Crippen molar-refractivity contribution in [1.82, 2.24) is 14.7 Å². The van der Waals surface area contributed by atoms with Gasteiger partial charge in [0.1, 0.15) is 0 Å². The van der Waals surface area contributed by atoms with E-state index in [0.29, 0.717) is 24.3 Å². The maximum absolute atomic E-state index is 12.3. The summed E-state index contributed by atoms with van der Waals surface area (Å²) >= 11 is 5.98. The molecule has 172 valence electrons. The van der Waals surface area contributed by atoms with Gasteiger partial charge in [-0.05, 0) is 37.1 Å². The summed E-state index contributed by atoms with van der Waals surface area (Å²) in [5.41, 5.74) is 7.45. The molecule has 3 fully saturated rings. The minimum Gasteiger partial charge on any atom is -0.370 e. The van der Waals surface area contributed by atoms with Crippen molar-refractivity contribution in [3.8, 4) is 0 Å². The fourth-order valence-corrected chi connectivity index (χ4v) is 4.48. The van der Waals surface area contributed by atoms with Gasteiger partial charge in [-0.15, -0.1) is 24.0 Å². The molecule has 2 N–H and O–H groups in total. The predicted octanol–water partition coefficient (Wildman–Crippen LogP) is 2.34. The first-order valence-corrected chi connectivity index (χ1v) is 11.5. The Morgan fingerprint density at radius 3 is 2.16 bits per heavy atom. The molecule has 0 bridgehead atoms. The third kappa shape index (κ3) is 6.38.